The van der Waals surface area contributed by atoms with Gasteiger partial charge in [0.2, 0.25) is 6.20 Å². The first-order valence-electron chi connectivity index (χ1n) is 15.0. The second-order valence-corrected chi connectivity index (χ2v) is 10.7. The van der Waals surface area contributed by atoms with Gasteiger partial charge in [-0.2, -0.15) is 4.39 Å². The van der Waals surface area contributed by atoms with Crippen molar-refractivity contribution >= 4 is 28.6 Å². The standard InChI is InChI=1S/C34H50FN3/c1-6-11-22-37(23-12-7-2)33-19-18-31-26-29(15-17-32(31)27-33)14-16-30-20-24-36(28-34(30)35)21-13-25-38(8-3,9-4)10-5/h14-20,24,26-28H,6-13,21-23,25H2,1-5H3/q+2. The van der Waals surface area contributed by atoms with Gasteiger partial charge < -0.3 is 9.38 Å². The van der Waals surface area contributed by atoms with E-state index in [1.807, 2.05) is 29.0 Å². The highest BCUT2D eigenvalue weighted by atomic mass is 19.1. The van der Waals surface area contributed by atoms with Crippen LogP contribution in [0, 0.1) is 5.82 Å². The first-order chi connectivity index (χ1) is 18.5. The quantitative estimate of drug-likeness (QED) is 0.137. The SMILES string of the molecule is CCCCN(CCCC)c1ccc2cc(/C=C/c3cc[n+](CCC[N+](CC)(CC)CC)cc3F)ccc2c1. The van der Waals surface area contributed by atoms with E-state index in [0.717, 1.165) is 62.3 Å². The van der Waals surface area contributed by atoms with Gasteiger partial charge in [0.05, 0.1) is 32.6 Å². The maximum absolute atomic E-state index is 14.9. The minimum absolute atomic E-state index is 0.171. The van der Waals surface area contributed by atoms with Crippen LogP contribution in [0.1, 0.15) is 77.8 Å². The highest BCUT2D eigenvalue weighted by Crippen LogP contribution is 2.25. The van der Waals surface area contributed by atoms with Crippen molar-refractivity contribution in [3.05, 3.63) is 71.8 Å². The highest BCUT2D eigenvalue weighted by Gasteiger charge is 2.21. The molecule has 0 amide bonds. The smallest absolute Gasteiger partial charge is 0.205 e. The molecule has 38 heavy (non-hydrogen) atoms. The number of quaternary nitrogens is 1. The topological polar surface area (TPSA) is 7.12 Å². The van der Waals surface area contributed by atoms with Crippen molar-refractivity contribution in [2.45, 2.75) is 73.3 Å². The van der Waals surface area contributed by atoms with Crippen molar-refractivity contribution in [3.8, 4) is 0 Å². The van der Waals surface area contributed by atoms with E-state index < -0.39 is 0 Å². The van der Waals surface area contributed by atoms with Gasteiger partial charge in [-0.25, -0.2) is 4.57 Å². The van der Waals surface area contributed by atoms with Gasteiger partial charge in [0.1, 0.15) is 0 Å². The Hall–Kier alpha value is -2.72. The minimum atomic E-state index is -0.171. The first-order valence-corrected chi connectivity index (χ1v) is 15.0. The van der Waals surface area contributed by atoms with E-state index in [0.29, 0.717) is 5.56 Å². The Labute approximate surface area is 231 Å². The molecule has 0 bridgehead atoms. The molecule has 0 unspecified atom stereocenters. The van der Waals surface area contributed by atoms with E-state index in [1.54, 1.807) is 6.20 Å². The molecule has 3 nitrogen and oxygen atoms in total. The molecule has 206 valence electrons. The van der Waals surface area contributed by atoms with Gasteiger partial charge in [0.25, 0.3) is 0 Å². The third-order valence-corrected chi connectivity index (χ3v) is 8.29. The molecule has 0 saturated heterocycles. The minimum Gasteiger partial charge on any atom is -0.372 e. The van der Waals surface area contributed by atoms with Crippen molar-refractivity contribution in [2.75, 3.05) is 44.2 Å². The third kappa shape index (κ3) is 8.14. The first kappa shape index (κ1) is 29.8. The summed E-state index contributed by atoms with van der Waals surface area (Å²) in [7, 11) is 0. The molecular weight excluding hydrogens is 469 g/mol. The van der Waals surface area contributed by atoms with Crippen molar-refractivity contribution < 1.29 is 13.4 Å². The van der Waals surface area contributed by atoms with E-state index in [2.05, 4.69) is 75.9 Å². The van der Waals surface area contributed by atoms with E-state index in [4.69, 9.17) is 0 Å². The predicted octanol–water partition coefficient (Wildman–Crippen LogP) is 8.11. The molecule has 0 N–H and O–H groups in total. The van der Waals surface area contributed by atoms with Crippen LogP contribution < -0.4 is 9.47 Å². The molecule has 3 rings (SSSR count). The van der Waals surface area contributed by atoms with Crippen molar-refractivity contribution in [2.24, 2.45) is 0 Å². The number of hydrogen-bond donors (Lipinski definition) is 0. The lowest BCUT2D eigenvalue weighted by molar-refractivity contribution is -0.925. The van der Waals surface area contributed by atoms with Crippen LogP contribution in [0.15, 0.2) is 54.9 Å². The molecular formula is C34H50FN3+2. The number of rotatable bonds is 16. The molecule has 0 radical (unpaired) electrons. The molecule has 0 atom stereocenters. The van der Waals surface area contributed by atoms with Crippen LogP contribution in [-0.2, 0) is 6.54 Å². The normalized spacial score (nSPS) is 12.1. The summed E-state index contributed by atoms with van der Waals surface area (Å²) in [5.74, 6) is -0.171. The van der Waals surface area contributed by atoms with Crippen LogP contribution in [0.3, 0.4) is 0 Å². The maximum atomic E-state index is 14.9. The summed E-state index contributed by atoms with van der Waals surface area (Å²) in [5, 5.41) is 2.47. The second-order valence-electron chi connectivity index (χ2n) is 10.7. The van der Waals surface area contributed by atoms with Gasteiger partial charge in [-0.3, -0.25) is 0 Å². The fraction of sp³-hybridized carbons (Fsp3) is 0.500. The zero-order valence-corrected chi connectivity index (χ0v) is 24.6. The van der Waals surface area contributed by atoms with Gasteiger partial charge in [-0.1, -0.05) is 57.0 Å². The summed E-state index contributed by atoms with van der Waals surface area (Å²) in [6.07, 6.45) is 13.5. The van der Waals surface area contributed by atoms with Crippen LogP contribution >= 0.6 is 0 Å². The predicted molar refractivity (Wildman–Crippen MR) is 163 cm³/mol. The van der Waals surface area contributed by atoms with Crippen molar-refractivity contribution in [3.63, 3.8) is 0 Å². The average Bonchev–Trinajstić information content (AvgIpc) is 2.95. The van der Waals surface area contributed by atoms with Crippen LogP contribution in [0.5, 0.6) is 0 Å². The maximum Gasteiger partial charge on any atom is 0.205 e. The number of pyridine rings is 1. The number of anilines is 1. The molecule has 0 fully saturated rings. The number of benzene rings is 2. The van der Waals surface area contributed by atoms with Crippen molar-refractivity contribution in [1.29, 1.82) is 0 Å². The lowest BCUT2D eigenvalue weighted by atomic mass is 10.0. The molecule has 2 aromatic carbocycles. The van der Waals surface area contributed by atoms with Crippen molar-refractivity contribution in [1.82, 2.24) is 0 Å². The summed E-state index contributed by atoms with van der Waals surface area (Å²) in [4.78, 5) is 2.53. The molecule has 0 aliphatic heterocycles. The number of unbranched alkanes of at least 4 members (excludes halogenated alkanes) is 2. The van der Waals surface area contributed by atoms with Crippen LogP contribution in [0.25, 0.3) is 22.9 Å². The molecule has 0 aliphatic carbocycles. The molecule has 1 aromatic heterocycles. The Morgan fingerprint density at radius 1 is 0.789 bits per heavy atom. The second kappa shape index (κ2) is 15.0. The Morgan fingerprint density at radius 3 is 2.08 bits per heavy atom. The lowest BCUT2D eigenvalue weighted by Gasteiger charge is -2.35. The zero-order valence-electron chi connectivity index (χ0n) is 24.6. The number of aromatic nitrogens is 1. The van der Waals surface area contributed by atoms with Gasteiger partial charge >= 0.3 is 0 Å². The zero-order chi connectivity index (χ0) is 27.4. The molecule has 1 heterocycles. The molecule has 3 aromatic rings. The van der Waals surface area contributed by atoms with Gasteiger partial charge in [-0.15, -0.1) is 0 Å². The number of fused-ring (bicyclic) bond motifs is 1. The summed E-state index contributed by atoms with van der Waals surface area (Å²) in [6, 6.07) is 15.2. The summed E-state index contributed by atoms with van der Waals surface area (Å²) in [6.45, 7) is 19.0. The average molecular weight is 520 g/mol. The largest absolute Gasteiger partial charge is 0.372 e. The van der Waals surface area contributed by atoms with E-state index >= 15 is 0 Å². The van der Waals surface area contributed by atoms with E-state index in [9.17, 15) is 4.39 Å². The van der Waals surface area contributed by atoms with Gasteiger partial charge in [0.15, 0.2) is 18.6 Å². The van der Waals surface area contributed by atoms with E-state index in [-0.39, 0.29) is 5.82 Å². The number of nitrogens with zero attached hydrogens (tertiary/aromatic N) is 3. The molecule has 4 heteroatoms. The van der Waals surface area contributed by atoms with Crippen LogP contribution in [0.4, 0.5) is 10.1 Å². The fourth-order valence-electron chi connectivity index (χ4n) is 5.33. The molecule has 0 spiro atoms. The van der Waals surface area contributed by atoms with Gasteiger partial charge in [-0.05, 0) is 68.1 Å². The Balaban J connectivity index is 1.67. The molecule has 0 aliphatic rings. The Bertz CT molecular complexity index is 1150. The number of hydrogen-bond acceptors (Lipinski definition) is 1. The highest BCUT2D eigenvalue weighted by molar-refractivity contribution is 5.88. The number of halogens is 1. The Kier molecular flexibility index (Phi) is 11.8. The monoisotopic (exact) mass is 519 g/mol. The molecule has 0 saturated carbocycles. The Morgan fingerprint density at radius 2 is 1.45 bits per heavy atom. The number of aryl methyl sites for hydroxylation is 1. The lowest BCUT2D eigenvalue weighted by Crippen LogP contribution is -2.49. The van der Waals surface area contributed by atoms with Crippen LogP contribution in [-0.4, -0.2) is 43.8 Å². The van der Waals surface area contributed by atoms with E-state index in [1.165, 1.54) is 42.1 Å². The fourth-order valence-corrected chi connectivity index (χ4v) is 5.33. The summed E-state index contributed by atoms with van der Waals surface area (Å²) in [5.41, 5.74) is 3.02. The third-order valence-electron chi connectivity index (χ3n) is 8.29. The van der Waals surface area contributed by atoms with Gasteiger partial charge in [0, 0.05) is 30.4 Å². The summed E-state index contributed by atoms with van der Waals surface area (Å²) >= 11 is 0. The summed E-state index contributed by atoms with van der Waals surface area (Å²) < 4.78 is 18.0. The van der Waals surface area contributed by atoms with Crippen LogP contribution in [0.2, 0.25) is 0 Å².